The molecule has 2 aromatic rings. The predicted octanol–water partition coefficient (Wildman–Crippen LogP) is 2.09. The molecule has 0 aliphatic carbocycles. The van der Waals surface area contributed by atoms with Crippen molar-refractivity contribution < 1.29 is 18.1 Å². The van der Waals surface area contributed by atoms with E-state index >= 15 is 0 Å². The molecule has 0 heterocycles. The van der Waals surface area contributed by atoms with Gasteiger partial charge in [0, 0.05) is 31.3 Å². The normalized spacial score (nSPS) is 11.8. The smallest absolute Gasteiger partial charge is 0.270 e. The molecule has 142 valence electrons. The van der Waals surface area contributed by atoms with Crippen molar-refractivity contribution in [2.75, 3.05) is 13.1 Å². The number of carbonyl (C=O) groups is 1. The molecule has 0 aromatic heterocycles. The van der Waals surface area contributed by atoms with E-state index in [0.29, 0.717) is 0 Å². The molecule has 0 aliphatic heterocycles. The van der Waals surface area contributed by atoms with Crippen molar-refractivity contribution in [3.05, 3.63) is 76.4 Å². The third-order valence-electron chi connectivity index (χ3n) is 3.63. The number of nitrogens with zero attached hydrogens (tertiary/aromatic N) is 1. The molecule has 27 heavy (non-hydrogen) atoms. The number of non-ortho nitro benzene ring substituents is 1. The fourth-order valence-corrected chi connectivity index (χ4v) is 3.32. The van der Waals surface area contributed by atoms with Crippen LogP contribution in [0.1, 0.15) is 12.5 Å². The highest BCUT2D eigenvalue weighted by Gasteiger charge is 2.17. The number of hydrogen-bond donors (Lipinski definition) is 2. The van der Waals surface area contributed by atoms with Gasteiger partial charge in [0.25, 0.3) is 5.69 Å². The van der Waals surface area contributed by atoms with E-state index in [4.69, 9.17) is 0 Å². The lowest BCUT2D eigenvalue weighted by atomic mass is 10.1. The minimum atomic E-state index is -3.90. The highest BCUT2D eigenvalue weighted by Crippen LogP contribution is 2.17. The van der Waals surface area contributed by atoms with Gasteiger partial charge in [-0.3, -0.25) is 14.9 Å². The van der Waals surface area contributed by atoms with E-state index in [1.54, 1.807) is 6.92 Å². The fourth-order valence-electron chi connectivity index (χ4n) is 2.25. The lowest BCUT2D eigenvalue weighted by Gasteiger charge is -2.07. The summed E-state index contributed by atoms with van der Waals surface area (Å²) < 4.78 is 26.6. The molecular formula is C18H19N3O5S. The maximum Gasteiger partial charge on any atom is 0.270 e. The largest absolute Gasteiger partial charge is 0.351 e. The van der Waals surface area contributed by atoms with Gasteiger partial charge in [-0.1, -0.05) is 36.4 Å². The maximum absolute atomic E-state index is 12.2. The summed E-state index contributed by atoms with van der Waals surface area (Å²) in [6.07, 6.45) is 1.43. The van der Waals surface area contributed by atoms with Crippen LogP contribution in [-0.4, -0.2) is 32.3 Å². The first-order valence-corrected chi connectivity index (χ1v) is 9.53. The number of amides is 1. The standard InChI is InChI=1S/C18H19N3O5S/c1-14(15-6-3-2-4-7-15)12-18(22)19-10-11-20-27(25,26)17-9-5-8-16(13-17)21(23)24/h2-9,12-13,20H,10-11H2,1H3,(H,19,22)/b14-12+. The van der Waals surface area contributed by atoms with Crippen LogP contribution in [0.5, 0.6) is 0 Å². The first kappa shape index (κ1) is 20.3. The van der Waals surface area contributed by atoms with Crippen molar-refractivity contribution in [1.82, 2.24) is 10.0 Å². The number of allylic oxidation sites excluding steroid dienone is 1. The minimum Gasteiger partial charge on any atom is -0.351 e. The Balaban J connectivity index is 1.88. The summed E-state index contributed by atoms with van der Waals surface area (Å²) in [5.74, 6) is -0.342. The number of rotatable bonds is 8. The number of benzene rings is 2. The van der Waals surface area contributed by atoms with Gasteiger partial charge in [-0.15, -0.1) is 0 Å². The number of nitro groups is 1. The third kappa shape index (κ3) is 6.01. The van der Waals surface area contributed by atoms with Gasteiger partial charge in [-0.25, -0.2) is 13.1 Å². The summed E-state index contributed by atoms with van der Waals surface area (Å²) in [6, 6.07) is 14.1. The monoisotopic (exact) mass is 389 g/mol. The number of nitrogens with one attached hydrogen (secondary N) is 2. The van der Waals surface area contributed by atoms with Gasteiger partial charge in [-0.05, 0) is 24.1 Å². The van der Waals surface area contributed by atoms with Crippen LogP contribution in [0.2, 0.25) is 0 Å². The first-order valence-electron chi connectivity index (χ1n) is 8.05. The van der Waals surface area contributed by atoms with Crippen LogP contribution in [0.4, 0.5) is 5.69 Å². The number of hydrogen-bond acceptors (Lipinski definition) is 5. The molecular weight excluding hydrogens is 370 g/mol. The third-order valence-corrected chi connectivity index (χ3v) is 5.09. The number of nitro benzene ring substituents is 1. The highest BCUT2D eigenvalue weighted by atomic mass is 32.2. The molecule has 0 saturated heterocycles. The molecule has 0 atom stereocenters. The van der Waals surface area contributed by atoms with Gasteiger partial charge >= 0.3 is 0 Å². The van der Waals surface area contributed by atoms with Crippen LogP contribution in [0.15, 0.2) is 65.6 Å². The Bertz CT molecular complexity index is 956. The molecule has 2 N–H and O–H groups in total. The lowest BCUT2D eigenvalue weighted by Crippen LogP contribution is -2.34. The highest BCUT2D eigenvalue weighted by molar-refractivity contribution is 7.89. The quantitative estimate of drug-likeness (QED) is 0.310. The fraction of sp³-hybridized carbons (Fsp3) is 0.167. The molecule has 1 amide bonds. The van der Waals surface area contributed by atoms with Gasteiger partial charge in [0.15, 0.2) is 0 Å². The first-order chi connectivity index (χ1) is 12.8. The molecule has 0 fully saturated rings. The van der Waals surface area contributed by atoms with Gasteiger partial charge in [0.2, 0.25) is 15.9 Å². The Hall–Kier alpha value is -3.04. The molecule has 0 radical (unpaired) electrons. The Morgan fingerprint density at radius 1 is 1.11 bits per heavy atom. The van der Waals surface area contributed by atoms with Crippen molar-refractivity contribution in [2.45, 2.75) is 11.8 Å². The lowest BCUT2D eigenvalue weighted by molar-refractivity contribution is -0.385. The van der Waals surface area contributed by atoms with E-state index in [2.05, 4.69) is 10.0 Å². The molecule has 0 spiro atoms. The van der Waals surface area contributed by atoms with Gasteiger partial charge in [0.1, 0.15) is 0 Å². The average Bonchev–Trinajstić information content (AvgIpc) is 2.66. The molecule has 2 aromatic carbocycles. The average molecular weight is 389 g/mol. The second-order valence-electron chi connectivity index (χ2n) is 5.64. The van der Waals surface area contributed by atoms with Crippen molar-refractivity contribution in [3.63, 3.8) is 0 Å². The summed E-state index contributed by atoms with van der Waals surface area (Å²) in [7, 11) is -3.90. The molecule has 9 heteroatoms. The zero-order valence-electron chi connectivity index (χ0n) is 14.6. The zero-order chi connectivity index (χ0) is 19.9. The Morgan fingerprint density at radius 3 is 2.48 bits per heavy atom. The van der Waals surface area contributed by atoms with E-state index in [-0.39, 0.29) is 29.6 Å². The summed E-state index contributed by atoms with van der Waals surface area (Å²) >= 11 is 0. The molecule has 0 aliphatic rings. The Kier molecular flexibility index (Phi) is 6.80. The Labute approximate surface area is 157 Å². The van der Waals surface area contributed by atoms with Crippen molar-refractivity contribution >= 4 is 27.2 Å². The second-order valence-corrected chi connectivity index (χ2v) is 7.40. The van der Waals surface area contributed by atoms with Crippen molar-refractivity contribution in [3.8, 4) is 0 Å². The van der Waals surface area contributed by atoms with E-state index in [9.17, 15) is 23.3 Å². The second kappa shape index (κ2) is 9.06. The van der Waals surface area contributed by atoms with Crippen LogP contribution in [0, 0.1) is 10.1 Å². The summed E-state index contributed by atoms with van der Waals surface area (Å²) in [5.41, 5.74) is 1.39. The van der Waals surface area contributed by atoms with Gasteiger partial charge in [0.05, 0.1) is 9.82 Å². The molecule has 8 nitrogen and oxygen atoms in total. The van der Waals surface area contributed by atoms with E-state index < -0.39 is 14.9 Å². The van der Waals surface area contributed by atoms with Crippen LogP contribution >= 0.6 is 0 Å². The van der Waals surface area contributed by atoms with Crippen molar-refractivity contribution in [2.24, 2.45) is 0 Å². The van der Waals surface area contributed by atoms with Gasteiger partial charge in [-0.2, -0.15) is 0 Å². The summed E-state index contributed by atoms with van der Waals surface area (Å²) in [6.45, 7) is 1.83. The maximum atomic E-state index is 12.2. The SMILES string of the molecule is C/C(=C\C(=O)NCCNS(=O)(=O)c1cccc([N+](=O)[O-])c1)c1ccccc1. The van der Waals surface area contributed by atoms with E-state index in [1.165, 1.54) is 24.3 Å². The Morgan fingerprint density at radius 2 is 1.81 bits per heavy atom. The topological polar surface area (TPSA) is 118 Å². The van der Waals surface area contributed by atoms with Crippen LogP contribution in [-0.2, 0) is 14.8 Å². The van der Waals surface area contributed by atoms with Crippen molar-refractivity contribution in [1.29, 1.82) is 0 Å². The molecule has 2 rings (SSSR count). The van der Waals surface area contributed by atoms with Gasteiger partial charge < -0.3 is 5.32 Å². The van der Waals surface area contributed by atoms with E-state index in [0.717, 1.165) is 17.2 Å². The summed E-state index contributed by atoms with van der Waals surface area (Å²) in [4.78, 5) is 21.8. The number of sulfonamides is 1. The molecule has 0 bridgehead atoms. The zero-order valence-corrected chi connectivity index (χ0v) is 15.4. The minimum absolute atomic E-state index is 0.0466. The van der Waals surface area contributed by atoms with Crippen LogP contribution < -0.4 is 10.0 Å². The number of carbonyl (C=O) groups excluding carboxylic acids is 1. The predicted molar refractivity (Wildman–Crippen MR) is 101 cm³/mol. The van der Waals surface area contributed by atoms with Crippen LogP contribution in [0.25, 0.3) is 5.57 Å². The molecule has 0 saturated carbocycles. The van der Waals surface area contributed by atoms with E-state index in [1.807, 2.05) is 30.3 Å². The summed E-state index contributed by atoms with van der Waals surface area (Å²) in [5, 5.41) is 13.3. The molecule has 0 unspecified atom stereocenters. The van der Waals surface area contributed by atoms with Crippen LogP contribution in [0.3, 0.4) is 0 Å².